The Kier molecular flexibility index (Phi) is 5.99. The molecule has 20 heavy (non-hydrogen) atoms. The molecule has 2 aromatic rings. The van der Waals surface area contributed by atoms with Crippen LogP contribution >= 0.6 is 0 Å². The molecule has 0 bridgehead atoms. The summed E-state index contributed by atoms with van der Waals surface area (Å²) in [5.41, 5.74) is 0. The van der Waals surface area contributed by atoms with Gasteiger partial charge in [-0.1, -0.05) is 6.07 Å². The molecular weight excluding hydrogens is 254 g/mol. The molecule has 0 atom stereocenters. The molecule has 0 aliphatic heterocycles. The summed E-state index contributed by atoms with van der Waals surface area (Å²) in [6, 6.07) is 11.6. The molecule has 0 unspecified atom stereocenters. The molecule has 2 N–H and O–H groups in total. The van der Waals surface area contributed by atoms with Crippen molar-refractivity contribution >= 4 is 0 Å². The van der Waals surface area contributed by atoms with E-state index in [2.05, 4.69) is 5.32 Å². The van der Waals surface area contributed by atoms with Gasteiger partial charge in [-0.15, -0.1) is 0 Å². The van der Waals surface area contributed by atoms with Gasteiger partial charge in [-0.05, 0) is 37.1 Å². The van der Waals surface area contributed by atoms with Crippen molar-refractivity contribution in [2.24, 2.45) is 0 Å². The fourth-order valence-corrected chi connectivity index (χ4v) is 1.94. The molecule has 0 aliphatic carbocycles. The van der Waals surface area contributed by atoms with Crippen LogP contribution in [0.2, 0.25) is 0 Å². The maximum absolute atomic E-state index is 5.69. The minimum absolute atomic E-state index is 0.738. The minimum atomic E-state index is 0.738. The van der Waals surface area contributed by atoms with Gasteiger partial charge in [-0.3, -0.25) is 0 Å². The normalized spacial score (nSPS) is 10.4. The van der Waals surface area contributed by atoms with Crippen LogP contribution in [0, 0.1) is 0 Å². The van der Waals surface area contributed by atoms with Crippen LogP contribution in [0.1, 0.15) is 18.6 Å². The molecule has 0 aliphatic rings. The molecule has 0 radical (unpaired) electrons. The molecule has 1 aromatic carbocycles. The van der Waals surface area contributed by atoms with E-state index in [0.717, 1.165) is 49.8 Å². The number of methoxy groups -OCH3 is 1. The third-order valence-corrected chi connectivity index (χ3v) is 3.04. The third kappa shape index (κ3) is 4.97. The lowest BCUT2D eigenvalue weighted by Crippen LogP contribution is -2.82. The molecule has 0 spiro atoms. The average Bonchev–Trinajstić information content (AvgIpc) is 3.00. The van der Waals surface area contributed by atoms with Crippen molar-refractivity contribution < 1.29 is 19.2 Å². The maximum Gasteiger partial charge on any atom is 0.157 e. The fourth-order valence-electron chi connectivity index (χ4n) is 1.94. The Morgan fingerprint density at radius 2 is 2.00 bits per heavy atom. The van der Waals surface area contributed by atoms with E-state index in [1.807, 2.05) is 36.4 Å². The zero-order valence-electron chi connectivity index (χ0n) is 11.9. The van der Waals surface area contributed by atoms with Gasteiger partial charge < -0.3 is 19.2 Å². The van der Waals surface area contributed by atoms with Gasteiger partial charge in [-0.2, -0.15) is 0 Å². The Hall–Kier alpha value is -1.94. The number of benzene rings is 1. The largest absolute Gasteiger partial charge is 0.497 e. The summed E-state index contributed by atoms with van der Waals surface area (Å²) in [6.45, 7) is 2.73. The summed E-state index contributed by atoms with van der Waals surface area (Å²) in [5, 5.41) is 2.25. The highest BCUT2D eigenvalue weighted by molar-refractivity contribution is 5.32. The number of quaternary nitrogens is 1. The van der Waals surface area contributed by atoms with E-state index < -0.39 is 0 Å². The molecule has 0 saturated heterocycles. The number of unbranched alkanes of at least 4 members (excludes halogenated alkanes) is 1. The Morgan fingerprint density at radius 3 is 2.80 bits per heavy atom. The Morgan fingerprint density at radius 1 is 1.10 bits per heavy atom. The standard InChI is InChI=1S/C16H21NO3/c1-18-14-6-4-7-15(12-14)19-10-3-2-9-17-13-16-8-5-11-20-16/h4-8,11-12,17H,2-3,9-10,13H2,1H3/p+1. The van der Waals surface area contributed by atoms with Crippen LogP contribution in [-0.2, 0) is 6.54 Å². The highest BCUT2D eigenvalue weighted by Gasteiger charge is 1.99. The molecule has 0 amide bonds. The zero-order chi connectivity index (χ0) is 14.0. The summed E-state index contributed by atoms with van der Waals surface area (Å²) in [5.74, 6) is 2.72. The van der Waals surface area contributed by atoms with Gasteiger partial charge in [0.1, 0.15) is 18.0 Å². The average molecular weight is 276 g/mol. The van der Waals surface area contributed by atoms with Crippen LogP contribution in [0.15, 0.2) is 47.1 Å². The van der Waals surface area contributed by atoms with E-state index in [-0.39, 0.29) is 0 Å². The molecular formula is C16H22NO3+. The molecule has 2 rings (SSSR count). The van der Waals surface area contributed by atoms with Crippen LogP contribution in [0.25, 0.3) is 0 Å². The van der Waals surface area contributed by atoms with Gasteiger partial charge in [0, 0.05) is 6.07 Å². The van der Waals surface area contributed by atoms with Crippen molar-refractivity contribution in [2.45, 2.75) is 19.4 Å². The summed E-state index contributed by atoms with van der Waals surface area (Å²) in [4.78, 5) is 0. The first kappa shape index (κ1) is 14.5. The van der Waals surface area contributed by atoms with Crippen LogP contribution < -0.4 is 14.8 Å². The monoisotopic (exact) mass is 276 g/mol. The van der Waals surface area contributed by atoms with Crippen molar-refractivity contribution in [3.05, 3.63) is 48.4 Å². The first-order valence-electron chi connectivity index (χ1n) is 6.99. The quantitative estimate of drug-likeness (QED) is 0.714. The zero-order valence-corrected chi connectivity index (χ0v) is 11.9. The van der Waals surface area contributed by atoms with Crippen molar-refractivity contribution in [2.75, 3.05) is 20.3 Å². The second-order valence-electron chi connectivity index (χ2n) is 4.60. The van der Waals surface area contributed by atoms with Gasteiger partial charge in [0.05, 0.1) is 26.5 Å². The van der Waals surface area contributed by atoms with Gasteiger partial charge >= 0.3 is 0 Å². The van der Waals surface area contributed by atoms with Crippen LogP contribution in [-0.4, -0.2) is 20.3 Å². The van der Waals surface area contributed by atoms with Crippen molar-refractivity contribution in [1.29, 1.82) is 0 Å². The van der Waals surface area contributed by atoms with Gasteiger partial charge in [0.15, 0.2) is 5.76 Å². The maximum atomic E-state index is 5.69. The van der Waals surface area contributed by atoms with Gasteiger partial charge in [0.25, 0.3) is 0 Å². The number of hydrogen-bond acceptors (Lipinski definition) is 3. The van der Waals surface area contributed by atoms with E-state index in [0.29, 0.717) is 0 Å². The first-order chi connectivity index (χ1) is 9.88. The summed E-state index contributed by atoms with van der Waals surface area (Å²) >= 11 is 0. The van der Waals surface area contributed by atoms with Gasteiger partial charge in [-0.25, -0.2) is 0 Å². The predicted octanol–water partition coefficient (Wildman–Crippen LogP) is 2.21. The summed E-state index contributed by atoms with van der Waals surface area (Å²) in [6.07, 6.45) is 3.89. The molecule has 4 heteroatoms. The summed E-state index contributed by atoms with van der Waals surface area (Å²) < 4.78 is 16.1. The number of ether oxygens (including phenoxy) is 2. The Bertz CT molecular complexity index is 482. The smallest absolute Gasteiger partial charge is 0.157 e. The molecule has 108 valence electrons. The summed E-state index contributed by atoms with van der Waals surface area (Å²) in [7, 11) is 1.66. The Labute approximate surface area is 119 Å². The van der Waals surface area contributed by atoms with Crippen LogP contribution in [0.4, 0.5) is 0 Å². The van der Waals surface area contributed by atoms with E-state index in [9.17, 15) is 0 Å². The second kappa shape index (κ2) is 8.27. The Balaban J connectivity index is 1.53. The lowest BCUT2D eigenvalue weighted by atomic mass is 10.3. The van der Waals surface area contributed by atoms with E-state index in [1.54, 1.807) is 13.4 Å². The topological polar surface area (TPSA) is 48.2 Å². The van der Waals surface area contributed by atoms with E-state index >= 15 is 0 Å². The molecule has 0 saturated carbocycles. The van der Waals surface area contributed by atoms with Crippen molar-refractivity contribution in [3.8, 4) is 11.5 Å². The SMILES string of the molecule is COc1cccc(OCCCC[NH2+]Cc2ccco2)c1. The van der Waals surface area contributed by atoms with Gasteiger partial charge in [0.2, 0.25) is 0 Å². The molecule has 4 nitrogen and oxygen atoms in total. The number of furan rings is 1. The fraction of sp³-hybridized carbons (Fsp3) is 0.375. The number of rotatable bonds is 9. The highest BCUT2D eigenvalue weighted by atomic mass is 16.5. The lowest BCUT2D eigenvalue weighted by molar-refractivity contribution is -0.672. The second-order valence-corrected chi connectivity index (χ2v) is 4.60. The lowest BCUT2D eigenvalue weighted by Gasteiger charge is -2.07. The predicted molar refractivity (Wildman–Crippen MR) is 76.9 cm³/mol. The van der Waals surface area contributed by atoms with E-state index in [1.165, 1.54) is 0 Å². The number of hydrogen-bond donors (Lipinski definition) is 1. The third-order valence-electron chi connectivity index (χ3n) is 3.04. The van der Waals surface area contributed by atoms with Crippen LogP contribution in [0.3, 0.4) is 0 Å². The van der Waals surface area contributed by atoms with Crippen molar-refractivity contribution in [3.63, 3.8) is 0 Å². The van der Waals surface area contributed by atoms with Crippen LogP contribution in [0.5, 0.6) is 11.5 Å². The van der Waals surface area contributed by atoms with E-state index in [4.69, 9.17) is 13.9 Å². The minimum Gasteiger partial charge on any atom is -0.497 e. The number of nitrogens with two attached hydrogens (primary N) is 1. The first-order valence-corrected chi connectivity index (χ1v) is 6.99. The molecule has 0 fully saturated rings. The van der Waals surface area contributed by atoms with Crippen molar-refractivity contribution in [1.82, 2.24) is 0 Å². The molecule has 1 aromatic heterocycles. The molecule has 1 heterocycles. The highest BCUT2D eigenvalue weighted by Crippen LogP contribution is 2.18.